The molecule has 1 fully saturated rings. The third-order valence-electron chi connectivity index (χ3n) is 2.99. The second kappa shape index (κ2) is 5.80. The van der Waals surface area contributed by atoms with E-state index in [1.807, 2.05) is 30.3 Å². The summed E-state index contributed by atoms with van der Waals surface area (Å²) in [4.78, 5) is 11.5. The predicted molar refractivity (Wildman–Crippen MR) is 66.7 cm³/mol. The molecule has 1 aliphatic carbocycles. The number of nitrogens with one attached hydrogen (secondary N) is 2. The Labute approximate surface area is 101 Å². The summed E-state index contributed by atoms with van der Waals surface area (Å²) in [6.45, 7) is 1.13. The van der Waals surface area contributed by atoms with Gasteiger partial charge in [-0.2, -0.15) is 0 Å². The Kier molecular flexibility index (Phi) is 4.12. The van der Waals surface area contributed by atoms with E-state index >= 15 is 0 Å². The van der Waals surface area contributed by atoms with Crippen molar-refractivity contribution in [3.05, 3.63) is 30.3 Å². The number of para-hydroxylation sites is 1. The molecule has 92 valence electrons. The highest BCUT2D eigenvalue weighted by Crippen LogP contribution is 2.25. The smallest absolute Gasteiger partial charge is 0.238 e. The molecule has 0 atom stereocenters. The van der Waals surface area contributed by atoms with E-state index in [9.17, 15) is 4.79 Å². The van der Waals surface area contributed by atoms with E-state index in [1.54, 1.807) is 0 Å². The third-order valence-corrected chi connectivity index (χ3v) is 2.99. The van der Waals surface area contributed by atoms with E-state index in [2.05, 4.69) is 10.6 Å². The second-order valence-electron chi connectivity index (χ2n) is 4.54. The second-order valence-corrected chi connectivity index (χ2v) is 4.54. The highest BCUT2D eigenvalue weighted by molar-refractivity contribution is 5.92. The van der Waals surface area contributed by atoms with Gasteiger partial charge in [0.05, 0.1) is 12.6 Å². The summed E-state index contributed by atoms with van der Waals surface area (Å²) in [5.74, 6) is 0.491. The fraction of sp³-hybridized carbons (Fsp3) is 0.462. The van der Waals surface area contributed by atoms with Gasteiger partial charge in [-0.05, 0) is 37.4 Å². The number of aliphatic hydroxyl groups excluding tert-OH is 1. The monoisotopic (exact) mass is 234 g/mol. The van der Waals surface area contributed by atoms with E-state index in [0.717, 1.165) is 25.1 Å². The maximum atomic E-state index is 11.5. The van der Waals surface area contributed by atoms with Gasteiger partial charge in [0.15, 0.2) is 0 Å². The van der Waals surface area contributed by atoms with E-state index in [1.165, 1.54) is 0 Å². The molecule has 4 nitrogen and oxygen atoms in total. The molecule has 0 aromatic heterocycles. The van der Waals surface area contributed by atoms with E-state index in [4.69, 9.17) is 5.11 Å². The standard InChI is InChI=1S/C13H18N2O2/c16-12-6-10(7-12)8-14-9-13(17)15-11-4-2-1-3-5-11/h1-5,10,12,14,16H,6-9H2,(H,15,17). The molecule has 4 heteroatoms. The third kappa shape index (κ3) is 3.84. The number of carbonyl (C=O) groups is 1. The van der Waals surface area contributed by atoms with Crippen LogP contribution in [0.4, 0.5) is 5.69 Å². The van der Waals surface area contributed by atoms with Gasteiger partial charge in [-0.25, -0.2) is 0 Å². The van der Waals surface area contributed by atoms with E-state index < -0.39 is 0 Å². The first-order valence-electron chi connectivity index (χ1n) is 5.97. The number of anilines is 1. The van der Waals surface area contributed by atoms with Crippen molar-refractivity contribution in [2.75, 3.05) is 18.4 Å². The lowest BCUT2D eigenvalue weighted by molar-refractivity contribution is -0.115. The van der Waals surface area contributed by atoms with Crippen molar-refractivity contribution in [2.45, 2.75) is 18.9 Å². The fourth-order valence-electron chi connectivity index (χ4n) is 1.98. The molecule has 1 saturated carbocycles. The first kappa shape index (κ1) is 12.1. The van der Waals surface area contributed by atoms with Gasteiger partial charge in [0, 0.05) is 5.69 Å². The quantitative estimate of drug-likeness (QED) is 0.712. The fourth-order valence-corrected chi connectivity index (χ4v) is 1.98. The normalized spacial score (nSPS) is 22.9. The Morgan fingerprint density at radius 3 is 2.65 bits per heavy atom. The van der Waals surface area contributed by atoms with Crippen molar-refractivity contribution in [2.24, 2.45) is 5.92 Å². The van der Waals surface area contributed by atoms with Crippen molar-refractivity contribution in [3.8, 4) is 0 Å². The number of carbonyl (C=O) groups excluding carboxylic acids is 1. The van der Waals surface area contributed by atoms with Crippen LogP contribution in [0.15, 0.2) is 30.3 Å². The molecule has 0 bridgehead atoms. The van der Waals surface area contributed by atoms with E-state index in [-0.39, 0.29) is 12.0 Å². The maximum absolute atomic E-state index is 11.5. The molecular formula is C13H18N2O2. The van der Waals surface area contributed by atoms with Crippen LogP contribution in [0, 0.1) is 5.92 Å². The lowest BCUT2D eigenvalue weighted by Crippen LogP contribution is -2.38. The van der Waals surface area contributed by atoms with Crippen LogP contribution in [-0.4, -0.2) is 30.2 Å². The number of hydrogen-bond donors (Lipinski definition) is 3. The summed E-state index contributed by atoms with van der Waals surface area (Å²) in [7, 11) is 0. The lowest BCUT2D eigenvalue weighted by Gasteiger charge is -2.31. The summed E-state index contributed by atoms with van der Waals surface area (Å²) in [5, 5.41) is 15.0. The van der Waals surface area contributed by atoms with Gasteiger partial charge >= 0.3 is 0 Å². The van der Waals surface area contributed by atoms with Crippen LogP contribution in [0.1, 0.15) is 12.8 Å². The molecule has 0 radical (unpaired) electrons. The van der Waals surface area contributed by atoms with Crippen LogP contribution in [0.3, 0.4) is 0 Å². The number of aliphatic hydroxyl groups is 1. The van der Waals surface area contributed by atoms with Crippen LogP contribution in [-0.2, 0) is 4.79 Å². The molecule has 0 saturated heterocycles. The molecule has 2 rings (SSSR count). The number of benzene rings is 1. The molecule has 3 N–H and O–H groups in total. The molecule has 1 aliphatic rings. The van der Waals surface area contributed by atoms with Crippen LogP contribution in [0.2, 0.25) is 0 Å². The zero-order valence-electron chi connectivity index (χ0n) is 9.73. The summed E-state index contributed by atoms with van der Waals surface area (Å²) in [6, 6.07) is 9.41. The van der Waals surface area contributed by atoms with Crippen molar-refractivity contribution < 1.29 is 9.90 Å². The Hall–Kier alpha value is -1.39. The van der Waals surface area contributed by atoms with Crippen molar-refractivity contribution >= 4 is 11.6 Å². The van der Waals surface area contributed by atoms with Crippen molar-refractivity contribution in [3.63, 3.8) is 0 Å². The van der Waals surface area contributed by atoms with E-state index in [0.29, 0.717) is 12.5 Å². The summed E-state index contributed by atoms with van der Waals surface area (Å²) >= 11 is 0. The zero-order valence-corrected chi connectivity index (χ0v) is 9.73. The average Bonchev–Trinajstić information content (AvgIpc) is 2.28. The highest BCUT2D eigenvalue weighted by Gasteiger charge is 2.26. The first-order chi connectivity index (χ1) is 8.24. The molecule has 1 amide bonds. The van der Waals surface area contributed by atoms with Crippen LogP contribution in [0.5, 0.6) is 0 Å². The molecule has 0 spiro atoms. The number of hydrogen-bond acceptors (Lipinski definition) is 3. The maximum Gasteiger partial charge on any atom is 0.238 e. The van der Waals surface area contributed by atoms with Crippen LogP contribution in [0.25, 0.3) is 0 Å². The minimum atomic E-state index is -0.125. The predicted octanol–water partition coefficient (Wildman–Crippen LogP) is 0.986. The largest absolute Gasteiger partial charge is 0.393 e. The molecular weight excluding hydrogens is 216 g/mol. The minimum absolute atomic E-state index is 0.0314. The zero-order chi connectivity index (χ0) is 12.1. The molecule has 1 aromatic rings. The van der Waals surface area contributed by atoms with Gasteiger partial charge in [-0.15, -0.1) is 0 Å². The van der Waals surface area contributed by atoms with Crippen molar-refractivity contribution in [1.82, 2.24) is 5.32 Å². The number of rotatable bonds is 5. The molecule has 0 unspecified atom stereocenters. The van der Waals surface area contributed by atoms with Gasteiger partial charge in [0.2, 0.25) is 5.91 Å². The van der Waals surface area contributed by atoms with Crippen LogP contribution >= 0.6 is 0 Å². The Bertz CT molecular complexity index is 361. The number of amides is 1. The van der Waals surface area contributed by atoms with Gasteiger partial charge in [-0.3, -0.25) is 4.79 Å². The lowest BCUT2D eigenvalue weighted by atomic mass is 9.82. The molecule has 17 heavy (non-hydrogen) atoms. The summed E-state index contributed by atoms with van der Waals surface area (Å²) < 4.78 is 0. The Balaban J connectivity index is 1.61. The Morgan fingerprint density at radius 2 is 2.00 bits per heavy atom. The molecule has 0 aliphatic heterocycles. The van der Waals surface area contributed by atoms with Crippen molar-refractivity contribution in [1.29, 1.82) is 0 Å². The van der Waals surface area contributed by atoms with Gasteiger partial charge in [0.1, 0.15) is 0 Å². The Morgan fingerprint density at radius 1 is 1.29 bits per heavy atom. The van der Waals surface area contributed by atoms with Gasteiger partial charge in [0.25, 0.3) is 0 Å². The highest BCUT2D eigenvalue weighted by atomic mass is 16.3. The van der Waals surface area contributed by atoms with Gasteiger partial charge < -0.3 is 15.7 Å². The topological polar surface area (TPSA) is 61.4 Å². The summed E-state index contributed by atoms with van der Waals surface area (Å²) in [6.07, 6.45) is 1.58. The van der Waals surface area contributed by atoms with Crippen LogP contribution < -0.4 is 10.6 Å². The average molecular weight is 234 g/mol. The SMILES string of the molecule is O=C(CNCC1CC(O)C1)Nc1ccccc1. The first-order valence-corrected chi connectivity index (χ1v) is 5.97. The summed E-state index contributed by atoms with van der Waals surface area (Å²) in [5.41, 5.74) is 0.818. The minimum Gasteiger partial charge on any atom is -0.393 e. The molecule has 0 heterocycles. The molecule has 1 aromatic carbocycles. The van der Waals surface area contributed by atoms with Gasteiger partial charge in [-0.1, -0.05) is 18.2 Å².